The third-order valence-corrected chi connectivity index (χ3v) is 7.01. The summed E-state index contributed by atoms with van der Waals surface area (Å²) in [5.41, 5.74) is 4.12. The molecule has 6 rings (SSSR count). The van der Waals surface area contributed by atoms with Gasteiger partial charge in [-0.1, -0.05) is 91.0 Å². The lowest BCUT2D eigenvalue weighted by Gasteiger charge is -2.48. The highest BCUT2D eigenvalue weighted by molar-refractivity contribution is 5.89. The zero-order valence-electron chi connectivity index (χ0n) is 17.7. The summed E-state index contributed by atoms with van der Waals surface area (Å²) in [5.74, 6) is 1.84. The lowest BCUT2D eigenvalue weighted by molar-refractivity contribution is -0.0680. The van der Waals surface area contributed by atoms with E-state index in [1.165, 1.54) is 40.3 Å². The van der Waals surface area contributed by atoms with Gasteiger partial charge in [0.25, 0.3) is 0 Å². The van der Waals surface area contributed by atoms with Crippen molar-refractivity contribution in [3.05, 3.63) is 114 Å². The fourth-order valence-corrected chi connectivity index (χ4v) is 5.67. The van der Waals surface area contributed by atoms with E-state index in [0.717, 1.165) is 18.8 Å². The van der Waals surface area contributed by atoms with Crippen LogP contribution in [0.2, 0.25) is 0 Å². The number of rotatable bonds is 3. The molecule has 0 bridgehead atoms. The molecule has 2 heterocycles. The van der Waals surface area contributed by atoms with Crippen LogP contribution in [0.5, 0.6) is 5.75 Å². The van der Waals surface area contributed by atoms with Crippen LogP contribution in [-0.4, -0.2) is 17.7 Å². The average Bonchev–Trinajstić information content (AvgIpc) is 2.84. The number of piperidine rings is 1. The quantitative estimate of drug-likeness (QED) is 0.381. The van der Waals surface area contributed by atoms with Crippen LogP contribution in [0, 0.1) is 5.92 Å². The van der Waals surface area contributed by atoms with Crippen LogP contribution < -0.4 is 4.74 Å². The summed E-state index contributed by atoms with van der Waals surface area (Å²) in [7, 11) is 0. The molecule has 0 saturated carbocycles. The van der Waals surface area contributed by atoms with E-state index >= 15 is 0 Å². The van der Waals surface area contributed by atoms with E-state index in [9.17, 15) is 0 Å². The minimum atomic E-state index is 0.104. The standard InChI is InChI=1S/C29H27NO/c1-3-10-21(11-4-1)20-30-19-9-16-25-27(23-13-5-2-6-14-23)28-24-15-8-7-12-22(24)17-18-26(28)31-29(25)30/h1-8,10-15,17-18,25,27,29H,9,16,19-20H2/t25-,27-,29+/m1/s1. The molecule has 0 amide bonds. The monoisotopic (exact) mass is 405 g/mol. The Morgan fingerprint density at radius 2 is 1.52 bits per heavy atom. The zero-order valence-corrected chi connectivity index (χ0v) is 17.7. The van der Waals surface area contributed by atoms with E-state index in [4.69, 9.17) is 4.74 Å². The number of likely N-dealkylation sites (tertiary alicyclic amines) is 1. The Morgan fingerprint density at radius 3 is 2.35 bits per heavy atom. The first kappa shape index (κ1) is 18.7. The van der Waals surface area contributed by atoms with Crippen LogP contribution in [0.1, 0.15) is 35.4 Å². The van der Waals surface area contributed by atoms with Crippen molar-refractivity contribution in [3.8, 4) is 5.75 Å². The number of ether oxygens (including phenoxy) is 1. The van der Waals surface area contributed by atoms with E-state index in [0.29, 0.717) is 11.8 Å². The zero-order chi connectivity index (χ0) is 20.6. The van der Waals surface area contributed by atoms with Gasteiger partial charge in [-0.25, -0.2) is 0 Å². The Hall–Kier alpha value is -3.10. The van der Waals surface area contributed by atoms with Crippen LogP contribution in [0.15, 0.2) is 97.1 Å². The highest BCUT2D eigenvalue weighted by Gasteiger charge is 2.44. The minimum Gasteiger partial charge on any atom is -0.474 e. The first-order chi connectivity index (χ1) is 15.4. The molecule has 4 aromatic rings. The van der Waals surface area contributed by atoms with Crippen molar-refractivity contribution in [3.63, 3.8) is 0 Å². The van der Waals surface area contributed by atoms with E-state index in [-0.39, 0.29) is 6.23 Å². The fraction of sp³-hybridized carbons (Fsp3) is 0.241. The summed E-state index contributed by atoms with van der Waals surface area (Å²) >= 11 is 0. The van der Waals surface area contributed by atoms with E-state index in [1.54, 1.807) is 0 Å². The predicted octanol–water partition coefficient (Wildman–Crippen LogP) is 6.60. The predicted molar refractivity (Wildman–Crippen MR) is 126 cm³/mol. The molecule has 2 aliphatic heterocycles. The van der Waals surface area contributed by atoms with Gasteiger partial charge >= 0.3 is 0 Å². The second kappa shape index (κ2) is 7.86. The molecular formula is C29H27NO. The van der Waals surface area contributed by atoms with Gasteiger partial charge in [0.2, 0.25) is 0 Å². The first-order valence-electron chi connectivity index (χ1n) is 11.4. The van der Waals surface area contributed by atoms with Gasteiger partial charge in [-0.2, -0.15) is 0 Å². The maximum absolute atomic E-state index is 6.81. The Bertz CT molecular complexity index is 1190. The largest absolute Gasteiger partial charge is 0.474 e. The van der Waals surface area contributed by atoms with Gasteiger partial charge in [0.05, 0.1) is 0 Å². The molecule has 3 atom stereocenters. The van der Waals surface area contributed by atoms with Crippen LogP contribution >= 0.6 is 0 Å². The number of fused-ring (bicyclic) bond motifs is 4. The van der Waals surface area contributed by atoms with E-state index < -0.39 is 0 Å². The van der Waals surface area contributed by atoms with Crippen LogP contribution in [0.3, 0.4) is 0 Å². The third-order valence-electron chi connectivity index (χ3n) is 7.01. The molecule has 2 nitrogen and oxygen atoms in total. The Morgan fingerprint density at radius 1 is 0.774 bits per heavy atom. The molecule has 0 aliphatic carbocycles. The summed E-state index contributed by atoms with van der Waals surface area (Å²) in [5, 5.41) is 2.62. The molecule has 2 heteroatoms. The minimum absolute atomic E-state index is 0.104. The highest BCUT2D eigenvalue weighted by Crippen LogP contribution is 2.50. The molecule has 2 aliphatic rings. The SMILES string of the molecule is c1ccc(CN2CCC[C@@H]3[C@@H](c4ccccc4)c4c(ccc5ccccc45)O[C@@H]32)cc1. The van der Waals surface area contributed by atoms with Gasteiger partial charge in [0.1, 0.15) is 5.75 Å². The van der Waals surface area contributed by atoms with Crippen molar-refractivity contribution >= 4 is 10.8 Å². The van der Waals surface area contributed by atoms with E-state index in [1.807, 2.05) is 0 Å². The molecule has 0 radical (unpaired) electrons. The van der Waals surface area contributed by atoms with E-state index in [2.05, 4.69) is 102 Å². The number of nitrogens with zero attached hydrogens (tertiary/aromatic N) is 1. The third kappa shape index (κ3) is 3.32. The van der Waals surface area contributed by atoms with Gasteiger partial charge in [0.15, 0.2) is 6.23 Å². The topological polar surface area (TPSA) is 12.5 Å². The van der Waals surface area contributed by atoms with Gasteiger partial charge in [-0.05, 0) is 40.8 Å². The molecule has 154 valence electrons. The Kier molecular flexibility index (Phi) is 4.73. The number of benzene rings is 4. The lowest BCUT2D eigenvalue weighted by atomic mass is 9.72. The molecule has 0 spiro atoms. The van der Waals surface area contributed by atoms with Gasteiger partial charge in [-0.15, -0.1) is 0 Å². The molecule has 0 N–H and O–H groups in total. The van der Waals surface area contributed by atoms with Crippen molar-refractivity contribution in [2.24, 2.45) is 5.92 Å². The van der Waals surface area contributed by atoms with Crippen LogP contribution in [0.4, 0.5) is 0 Å². The van der Waals surface area contributed by atoms with Crippen molar-refractivity contribution < 1.29 is 4.74 Å². The molecule has 31 heavy (non-hydrogen) atoms. The highest BCUT2D eigenvalue weighted by atomic mass is 16.5. The van der Waals surface area contributed by atoms with Gasteiger partial charge in [-0.3, -0.25) is 4.90 Å². The van der Waals surface area contributed by atoms with Gasteiger partial charge < -0.3 is 4.74 Å². The smallest absolute Gasteiger partial charge is 0.156 e. The van der Waals surface area contributed by atoms with Crippen molar-refractivity contribution in [2.45, 2.75) is 31.5 Å². The maximum Gasteiger partial charge on any atom is 0.156 e. The Balaban J connectivity index is 1.48. The van der Waals surface area contributed by atoms with Crippen LogP contribution in [0.25, 0.3) is 10.8 Å². The Labute approximate surface area is 184 Å². The van der Waals surface area contributed by atoms with Crippen LogP contribution in [-0.2, 0) is 6.54 Å². The summed E-state index contributed by atoms with van der Waals surface area (Å²) in [6, 6.07) is 35.0. The molecule has 4 aromatic carbocycles. The lowest BCUT2D eigenvalue weighted by Crippen LogP contribution is -2.52. The molecule has 0 unspecified atom stereocenters. The summed E-state index contributed by atoms with van der Waals surface area (Å²) in [6.07, 6.45) is 2.51. The molecular weight excluding hydrogens is 378 g/mol. The summed E-state index contributed by atoms with van der Waals surface area (Å²) < 4.78 is 6.81. The average molecular weight is 406 g/mol. The number of hydrogen-bond donors (Lipinski definition) is 0. The molecule has 1 fully saturated rings. The molecule has 1 saturated heterocycles. The molecule has 0 aromatic heterocycles. The van der Waals surface area contributed by atoms with Gasteiger partial charge in [0, 0.05) is 30.5 Å². The first-order valence-corrected chi connectivity index (χ1v) is 11.4. The van der Waals surface area contributed by atoms with Crippen molar-refractivity contribution in [2.75, 3.05) is 6.54 Å². The normalized spacial score (nSPS) is 23.0. The summed E-state index contributed by atoms with van der Waals surface area (Å²) in [4.78, 5) is 2.55. The summed E-state index contributed by atoms with van der Waals surface area (Å²) in [6.45, 7) is 2.02. The number of hydrogen-bond acceptors (Lipinski definition) is 2. The second-order valence-electron chi connectivity index (χ2n) is 8.86. The van der Waals surface area contributed by atoms with Crippen molar-refractivity contribution in [1.82, 2.24) is 4.90 Å². The maximum atomic E-state index is 6.81. The fourth-order valence-electron chi connectivity index (χ4n) is 5.67. The van der Waals surface area contributed by atoms with Crippen molar-refractivity contribution in [1.29, 1.82) is 0 Å². The second-order valence-corrected chi connectivity index (χ2v) is 8.86.